The second-order valence-electron chi connectivity index (χ2n) is 5.19. The van der Waals surface area contributed by atoms with Gasteiger partial charge < -0.3 is 9.47 Å². The molecule has 0 saturated carbocycles. The molecular formula is C18H18ClNO5S. The van der Waals surface area contributed by atoms with Crippen LogP contribution in [0.15, 0.2) is 53.4 Å². The van der Waals surface area contributed by atoms with E-state index in [1.165, 1.54) is 38.4 Å². The van der Waals surface area contributed by atoms with Crippen LogP contribution in [0.4, 0.5) is 0 Å². The molecular weight excluding hydrogens is 378 g/mol. The minimum Gasteiger partial charge on any atom is -0.495 e. The summed E-state index contributed by atoms with van der Waals surface area (Å²) in [4.78, 5) is 11.8. The van der Waals surface area contributed by atoms with E-state index in [2.05, 4.69) is 4.72 Å². The molecule has 0 amide bonds. The van der Waals surface area contributed by atoms with Crippen molar-refractivity contribution in [1.82, 2.24) is 4.72 Å². The van der Waals surface area contributed by atoms with E-state index in [9.17, 15) is 13.2 Å². The Morgan fingerprint density at radius 2 is 1.88 bits per heavy atom. The van der Waals surface area contributed by atoms with Crippen LogP contribution in [0.5, 0.6) is 5.75 Å². The van der Waals surface area contributed by atoms with E-state index < -0.39 is 16.0 Å². The number of hydrogen-bond acceptors (Lipinski definition) is 5. The summed E-state index contributed by atoms with van der Waals surface area (Å²) in [6, 6.07) is 11.5. The van der Waals surface area contributed by atoms with Crippen molar-refractivity contribution in [3.8, 4) is 5.75 Å². The van der Waals surface area contributed by atoms with Crippen molar-refractivity contribution in [2.75, 3.05) is 14.2 Å². The van der Waals surface area contributed by atoms with Gasteiger partial charge in [-0.25, -0.2) is 17.9 Å². The van der Waals surface area contributed by atoms with Crippen molar-refractivity contribution in [3.05, 3.63) is 64.7 Å². The Balaban J connectivity index is 2.08. The molecule has 0 aromatic heterocycles. The van der Waals surface area contributed by atoms with Gasteiger partial charge in [-0.3, -0.25) is 0 Å². The van der Waals surface area contributed by atoms with Gasteiger partial charge in [0.15, 0.2) is 0 Å². The summed E-state index contributed by atoms with van der Waals surface area (Å²) in [6.07, 6.45) is 2.70. The second kappa shape index (κ2) is 8.84. The number of rotatable bonds is 7. The summed E-state index contributed by atoms with van der Waals surface area (Å²) in [5.41, 5.74) is 1.33. The fourth-order valence-electron chi connectivity index (χ4n) is 2.06. The van der Waals surface area contributed by atoms with Gasteiger partial charge in [0, 0.05) is 11.1 Å². The minimum absolute atomic E-state index is 0.0146. The first-order valence-corrected chi connectivity index (χ1v) is 9.42. The largest absolute Gasteiger partial charge is 0.495 e. The zero-order valence-electron chi connectivity index (χ0n) is 14.2. The van der Waals surface area contributed by atoms with E-state index >= 15 is 0 Å². The molecule has 0 atom stereocenters. The molecule has 1 N–H and O–H groups in total. The number of hydrogen-bond donors (Lipinski definition) is 1. The highest BCUT2D eigenvalue weighted by Crippen LogP contribution is 2.25. The Morgan fingerprint density at radius 1 is 1.19 bits per heavy atom. The van der Waals surface area contributed by atoms with Crippen LogP contribution in [0, 0.1) is 0 Å². The first-order valence-electron chi connectivity index (χ1n) is 7.56. The maximum atomic E-state index is 12.0. The molecule has 2 rings (SSSR count). The van der Waals surface area contributed by atoms with Gasteiger partial charge in [0.2, 0.25) is 10.0 Å². The molecule has 2 aromatic rings. The number of sulfonamides is 1. The molecule has 0 aliphatic carbocycles. The standard InChI is InChI=1S/C18H18ClNO5S/c1-20-26(22,23)17-11-13(5-9-16(17)24-2)6-10-18(21)25-12-14-3-7-15(19)8-4-14/h3-11,20H,12H2,1-2H3/b10-6+. The molecule has 0 spiro atoms. The maximum absolute atomic E-state index is 12.0. The normalized spacial score (nSPS) is 11.5. The summed E-state index contributed by atoms with van der Waals surface area (Å²) in [5.74, 6) is -0.337. The third kappa shape index (κ3) is 5.32. The first kappa shape index (κ1) is 20.0. The number of benzene rings is 2. The lowest BCUT2D eigenvalue weighted by atomic mass is 10.2. The van der Waals surface area contributed by atoms with Gasteiger partial charge in [0.25, 0.3) is 0 Å². The molecule has 0 fully saturated rings. The quantitative estimate of drug-likeness (QED) is 0.575. The van der Waals surface area contributed by atoms with Crippen LogP contribution in [-0.4, -0.2) is 28.5 Å². The summed E-state index contributed by atoms with van der Waals surface area (Å²) in [7, 11) is -0.994. The van der Waals surface area contributed by atoms with E-state index in [-0.39, 0.29) is 17.3 Å². The SMILES string of the molecule is CNS(=O)(=O)c1cc(/C=C/C(=O)OCc2ccc(Cl)cc2)ccc1OC. The molecule has 138 valence electrons. The number of ether oxygens (including phenoxy) is 2. The predicted molar refractivity (Wildman–Crippen MR) is 99.5 cm³/mol. The summed E-state index contributed by atoms with van der Waals surface area (Å²) in [6.45, 7) is 0.113. The second-order valence-corrected chi connectivity index (χ2v) is 7.48. The van der Waals surface area contributed by atoms with Gasteiger partial charge in [-0.1, -0.05) is 29.8 Å². The smallest absolute Gasteiger partial charge is 0.331 e. The van der Waals surface area contributed by atoms with Gasteiger partial charge in [-0.2, -0.15) is 0 Å². The third-order valence-electron chi connectivity index (χ3n) is 3.45. The van der Waals surface area contributed by atoms with Crippen molar-refractivity contribution in [2.45, 2.75) is 11.5 Å². The fraction of sp³-hybridized carbons (Fsp3) is 0.167. The molecule has 0 radical (unpaired) electrons. The average molecular weight is 396 g/mol. The zero-order valence-corrected chi connectivity index (χ0v) is 15.8. The van der Waals surface area contributed by atoms with Gasteiger partial charge >= 0.3 is 5.97 Å². The highest BCUT2D eigenvalue weighted by Gasteiger charge is 2.17. The topological polar surface area (TPSA) is 81.7 Å². The molecule has 0 unspecified atom stereocenters. The van der Waals surface area contributed by atoms with Crippen molar-refractivity contribution in [2.24, 2.45) is 0 Å². The molecule has 0 saturated heterocycles. The minimum atomic E-state index is -3.69. The Kier molecular flexibility index (Phi) is 6.79. The fourth-order valence-corrected chi connectivity index (χ4v) is 3.12. The molecule has 2 aromatic carbocycles. The summed E-state index contributed by atoms with van der Waals surface area (Å²) in [5, 5.41) is 0.604. The van der Waals surface area contributed by atoms with Crippen LogP contribution < -0.4 is 9.46 Å². The number of esters is 1. The highest BCUT2D eigenvalue weighted by molar-refractivity contribution is 7.89. The molecule has 6 nitrogen and oxygen atoms in total. The summed E-state index contributed by atoms with van der Waals surface area (Å²) >= 11 is 5.79. The van der Waals surface area contributed by atoms with Gasteiger partial charge in [-0.05, 0) is 48.5 Å². The van der Waals surface area contributed by atoms with Crippen LogP contribution in [-0.2, 0) is 26.2 Å². The van der Waals surface area contributed by atoms with Gasteiger partial charge in [-0.15, -0.1) is 0 Å². The number of carbonyl (C=O) groups excluding carboxylic acids is 1. The summed E-state index contributed by atoms with van der Waals surface area (Å²) < 4.78 is 36.5. The highest BCUT2D eigenvalue weighted by atomic mass is 35.5. The first-order chi connectivity index (χ1) is 12.4. The van der Waals surface area contributed by atoms with Crippen molar-refractivity contribution >= 4 is 33.7 Å². The zero-order chi connectivity index (χ0) is 19.2. The lowest BCUT2D eigenvalue weighted by Crippen LogP contribution is -2.19. The lowest BCUT2D eigenvalue weighted by molar-refractivity contribution is -0.138. The van der Waals surface area contributed by atoms with Crippen LogP contribution in [0.25, 0.3) is 6.08 Å². The number of carbonyl (C=O) groups is 1. The monoisotopic (exact) mass is 395 g/mol. The van der Waals surface area contributed by atoms with Gasteiger partial charge in [0.1, 0.15) is 17.3 Å². The molecule has 0 aliphatic rings. The molecule has 26 heavy (non-hydrogen) atoms. The van der Waals surface area contributed by atoms with Crippen LogP contribution >= 0.6 is 11.6 Å². The molecule has 0 heterocycles. The Hall–Kier alpha value is -2.35. The molecule has 8 heteroatoms. The van der Waals surface area contributed by atoms with Crippen LogP contribution in [0.2, 0.25) is 5.02 Å². The number of nitrogens with one attached hydrogen (secondary N) is 1. The Labute approximate surface area is 157 Å². The van der Waals surface area contributed by atoms with Gasteiger partial charge in [0.05, 0.1) is 7.11 Å². The van der Waals surface area contributed by atoms with E-state index in [0.717, 1.165) is 5.56 Å². The van der Waals surface area contributed by atoms with E-state index in [0.29, 0.717) is 10.6 Å². The lowest BCUT2D eigenvalue weighted by Gasteiger charge is -2.09. The molecule has 0 bridgehead atoms. The van der Waals surface area contributed by atoms with Crippen molar-refractivity contribution < 1.29 is 22.7 Å². The number of methoxy groups -OCH3 is 1. The van der Waals surface area contributed by atoms with Crippen LogP contribution in [0.1, 0.15) is 11.1 Å². The van der Waals surface area contributed by atoms with Crippen molar-refractivity contribution in [3.63, 3.8) is 0 Å². The van der Waals surface area contributed by atoms with E-state index in [4.69, 9.17) is 21.1 Å². The van der Waals surface area contributed by atoms with E-state index in [1.54, 1.807) is 30.3 Å². The van der Waals surface area contributed by atoms with Crippen LogP contribution in [0.3, 0.4) is 0 Å². The average Bonchev–Trinajstić information content (AvgIpc) is 2.65. The number of halogens is 1. The molecule has 0 aliphatic heterocycles. The van der Waals surface area contributed by atoms with E-state index in [1.807, 2.05) is 0 Å². The van der Waals surface area contributed by atoms with Crippen molar-refractivity contribution in [1.29, 1.82) is 0 Å². The Bertz CT molecular complexity index is 908. The maximum Gasteiger partial charge on any atom is 0.331 e. The predicted octanol–water partition coefficient (Wildman–Crippen LogP) is 3.01. The third-order valence-corrected chi connectivity index (χ3v) is 5.14. The Morgan fingerprint density at radius 3 is 2.50 bits per heavy atom.